The zero-order chi connectivity index (χ0) is 20.1. The van der Waals surface area contributed by atoms with Crippen molar-refractivity contribution in [3.63, 3.8) is 0 Å². The topological polar surface area (TPSA) is 111 Å². The maximum Gasteiger partial charge on any atom is 0.269 e. The lowest BCUT2D eigenvalue weighted by Gasteiger charge is -2.10. The summed E-state index contributed by atoms with van der Waals surface area (Å²) < 4.78 is 5.15. The molecule has 8 nitrogen and oxygen atoms in total. The molecule has 3 rings (SSSR count). The number of amides is 1. The molecule has 0 aliphatic rings. The molecule has 0 saturated carbocycles. The van der Waals surface area contributed by atoms with Gasteiger partial charge in [0.25, 0.3) is 5.69 Å². The first kappa shape index (κ1) is 19.8. The first-order valence-electron chi connectivity index (χ1n) is 8.20. The van der Waals surface area contributed by atoms with Crippen LogP contribution < -0.4 is 5.32 Å². The Labute approximate surface area is 169 Å². The Morgan fingerprint density at radius 3 is 2.75 bits per heavy atom. The van der Waals surface area contributed by atoms with E-state index in [1.807, 2.05) is 6.07 Å². The van der Waals surface area contributed by atoms with Gasteiger partial charge < -0.3 is 9.84 Å². The predicted molar refractivity (Wildman–Crippen MR) is 105 cm³/mol. The molecular weight excluding hydrogens is 404 g/mol. The second kappa shape index (κ2) is 8.85. The number of rotatable bonds is 7. The number of benzene rings is 2. The average molecular weight is 419 g/mol. The van der Waals surface area contributed by atoms with Crippen molar-refractivity contribution >= 4 is 35.0 Å². The van der Waals surface area contributed by atoms with Crippen molar-refractivity contribution in [2.75, 3.05) is 0 Å². The number of aromatic nitrogens is 2. The molecule has 0 spiro atoms. The minimum atomic E-state index is -0.466. The van der Waals surface area contributed by atoms with Crippen molar-refractivity contribution in [2.24, 2.45) is 0 Å². The van der Waals surface area contributed by atoms with Gasteiger partial charge in [-0.15, -0.1) is 11.8 Å². The van der Waals surface area contributed by atoms with Crippen LogP contribution in [0.4, 0.5) is 5.69 Å². The number of hydrogen-bond donors (Lipinski definition) is 1. The molecule has 0 fully saturated rings. The van der Waals surface area contributed by atoms with E-state index in [-0.39, 0.29) is 24.0 Å². The highest BCUT2D eigenvalue weighted by atomic mass is 35.5. The molecule has 3 aromatic rings. The van der Waals surface area contributed by atoms with E-state index in [9.17, 15) is 14.9 Å². The summed E-state index contributed by atoms with van der Waals surface area (Å²) >= 11 is 7.25. The number of thioether (sulfide) groups is 1. The van der Waals surface area contributed by atoms with Crippen molar-refractivity contribution < 1.29 is 14.2 Å². The number of nitro groups is 1. The average Bonchev–Trinajstić information content (AvgIpc) is 3.15. The minimum Gasteiger partial charge on any atom is -0.346 e. The number of hydrogen-bond acceptors (Lipinski definition) is 7. The van der Waals surface area contributed by atoms with Crippen LogP contribution >= 0.6 is 23.4 Å². The van der Waals surface area contributed by atoms with Crippen LogP contribution in [0.15, 0.2) is 57.9 Å². The number of halogens is 1. The molecular formula is C18H15ClN4O4S. The van der Waals surface area contributed by atoms with Crippen molar-refractivity contribution in [1.82, 2.24) is 15.5 Å². The molecule has 10 heteroatoms. The lowest BCUT2D eigenvalue weighted by molar-refractivity contribution is -0.384. The molecule has 1 unspecified atom stereocenters. The highest BCUT2D eigenvalue weighted by Crippen LogP contribution is 2.25. The van der Waals surface area contributed by atoms with Crippen molar-refractivity contribution in [1.29, 1.82) is 0 Å². The Hall–Kier alpha value is -2.91. The van der Waals surface area contributed by atoms with Crippen LogP contribution in [-0.4, -0.2) is 26.2 Å². The fraction of sp³-hybridized carbons (Fsp3) is 0.167. The van der Waals surface area contributed by atoms with Gasteiger partial charge in [0.05, 0.1) is 16.7 Å². The fourth-order valence-electron chi connectivity index (χ4n) is 2.28. The summed E-state index contributed by atoms with van der Waals surface area (Å²) in [6, 6.07) is 13.1. The first-order chi connectivity index (χ1) is 13.4. The maximum absolute atomic E-state index is 12.3. The molecule has 28 heavy (non-hydrogen) atoms. The molecule has 0 aliphatic heterocycles. The van der Waals surface area contributed by atoms with Gasteiger partial charge in [0.2, 0.25) is 17.6 Å². The summed E-state index contributed by atoms with van der Waals surface area (Å²) in [4.78, 5) is 27.5. The minimum absolute atomic E-state index is 0.00774. The molecule has 2 aromatic carbocycles. The van der Waals surface area contributed by atoms with Gasteiger partial charge in [-0.2, -0.15) is 4.98 Å². The van der Waals surface area contributed by atoms with Gasteiger partial charge in [-0.25, -0.2) is 0 Å². The lowest BCUT2D eigenvalue weighted by atomic mass is 10.2. The number of nitrogens with one attached hydrogen (secondary N) is 1. The van der Waals surface area contributed by atoms with Crippen LogP contribution in [0.25, 0.3) is 11.4 Å². The smallest absolute Gasteiger partial charge is 0.269 e. The Kier molecular flexibility index (Phi) is 6.27. The van der Waals surface area contributed by atoms with Crippen LogP contribution in [-0.2, 0) is 11.3 Å². The van der Waals surface area contributed by atoms with Gasteiger partial charge in [-0.1, -0.05) is 28.9 Å². The van der Waals surface area contributed by atoms with E-state index in [0.717, 1.165) is 10.5 Å². The van der Waals surface area contributed by atoms with Crippen molar-refractivity contribution in [3.8, 4) is 11.4 Å². The fourth-order valence-corrected chi connectivity index (χ4v) is 3.36. The van der Waals surface area contributed by atoms with Crippen molar-refractivity contribution in [3.05, 3.63) is 69.6 Å². The quantitative estimate of drug-likeness (QED) is 0.349. The van der Waals surface area contributed by atoms with E-state index >= 15 is 0 Å². The lowest BCUT2D eigenvalue weighted by Crippen LogP contribution is -2.30. The largest absolute Gasteiger partial charge is 0.346 e. The summed E-state index contributed by atoms with van der Waals surface area (Å²) in [5.41, 5.74) is 0.726. The van der Waals surface area contributed by atoms with E-state index < -0.39 is 10.2 Å². The van der Waals surface area contributed by atoms with E-state index in [1.165, 1.54) is 23.9 Å². The summed E-state index contributed by atoms with van der Waals surface area (Å²) in [5, 5.41) is 17.5. The van der Waals surface area contributed by atoms with Crippen LogP contribution in [0.5, 0.6) is 0 Å². The van der Waals surface area contributed by atoms with Gasteiger partial charge in [-0.3, -0.25) is 14.9 Å². The van der Waals surface area contributed by atoms with E-state index in [2.05, 4.69) is 15.5 Å². The van der Waals surface area contributed by atoms with Gasteiger partial charge in [-0.05, 0) is 31.2 Å². The molecule has 0 saturated heterocycles. The molecule has 1 aromatic heterocycles. The van der Waals surface area contributed by atoms with Gasteiger partial charge >= 0.3 is 0 Å². The summed E-state index contributed by atoms with van der Waals surface area (Å²) in [7, 11) is 0. The molecule has 144 valence electrons. The van der Waals surface area contributed by atoms with Crippen LogP contribution in [0, 0.1) is 10.1 Å². The van der Waals surface area contributed by atoms with Crippen molar-refractivity contribution in [2.45, 2.75) is 23.6 Å². The summed E-state index contributed by atoms with van der Waals surface area (Å²) in [6.45, 7) is 1.84. The first-order valence-corrected chi connectivity index (χ1v) is 9.45. The standard InChI is InChI=1S/C18H15ClN4O4S/c1-11(28-15-7-5-14(6-8-15)23(25)26)18(24)20-10-16-21-17(22-27-16)12-3-2-4-13(19)9-12/h2-9,11H,10H2,1H3,(H,20,24). The van der Waals surface area contributed by atoms with Gasteiger partial charge in [0.1, 0.15) is 0 Å². The van der Waals surface area contributed by atoms with E-state index in [0.29, 0.717) is 10.8 Å². The third kappa shape index (κ3) is 5.08. The SMILES string of the molecule is CC(Sc1ccc([N+](=O)[O-])cc1)C(=O)NCc1nc(-c2cccc(Cl)c2)no1. The molecule has 0 aliphatic carbocycles. The van der Waals surface area contributed by atoms with Crippen LogP contribution in [0.2, 0.25) is 5.02 Å². The Balaban J connectivity index is 1.54. The van der Waals surface area contributed by atoms with Gasteiger partial charge in [0, 0.05) is 27.6 Å². The van der Waals surface area contributed by atoms with Crippen LogP contribution in [0.1, 0.15) is 12.8 Å². The number of nitro benzene ring substituents is 1. The maximum atomic E-state index is 12.3. The molecule has 1 N–H and O–H groups in total. The Morgan fingerprint density at radius 1 is 1.32 bits per heavy atom. The monoisotopic (exact) mass is 418 g/mol. The highest BCUT2D eigenvalue weighted by molar-refractivity contribution is 8.00. The number of nitrogens with zero attached hydrogens (tertiary/aromatic N) is 3. The van der Waals surface area contributed by atoms with Gasteiger partial charge in [0.15, 0.2) is 0 Å². The second-order valence-corrected chi connectivity index (χ2v) is 7.60. The molecule has 1 heterocycles. The number of carbonyl (C=O) groups excluding carboxylic acids is 1. The summed E-state index contributed by atoms with van der Waals surface area (Å²) in [6.07, 6.45) is 0. The zero-order valence-electron chi connectivity index (χ0n) is 14.7. The molecule has 0 bridgehead atoms. The third-order valence-electron chi connectivity index (χ3n) is 3.69. The number of non-ortho nitro benzene ring substituents is 1. The zero-order valence-corrected chi connectivity index (χ0v) is 16.2. The molecule has 1 atom stereocenters. The third-order valence-corrected chi connectivity index (χ3v) is 5.04. The predicted octanol–water partition coefficient (Wildman–Crippen LogP) is 4.10. The Morgan fingerprint density at radius 2 is 2.07 bits per heavy atom. The Bertz CT molecular complexity index is 993. The normalized spacial score (nSPS) is 11.8. The molecule has 0 radical (unpaired) electrons. The molecule has 1 amide bonds. The number of carbonyl (C=O) groups is 1. The summed E-state index contributed by atoms with van der Waals surface area (Å²) in [5.74, 6) is 0.446. The van der Waals surface area contributed by atoms with E-state index in [1.54, 1.807) is 37.3 Å². The highest BCUT2D eigenvalue weighted by Gasteiger charge is 2.16. The second-order valence-electron chi connectivity index (χ2n) is 5.75. The van der Waals surface area contributed by atoms with Crippen LogP contribution in [0.3, 0.4) is 0 Å². The van der Waals surface area contributed by atoms with E-state index in [4.69, 9.17) is 16.1 Å².